The highest BCUT2D eigenvalue weighted by molar-refractivity contribution is 5.92. The molecule has 36 heavy (non-hydrogen) atoms. The van der Waals surface area contributed by atoms with Gasteiger partial charge in [0, 0.05) is 5.71 Å². The number of hydrogen-bond donors (Lipinski definition) is 1. The smallest absolute Gasteiger partial charge is 0.305 e. The lowest BCUT2D eigenvalue weighted by Crippen LogP contribution is -2.30. The molecule has 1 N–H and O–H groups in total. The van der Waals surface area contributed by atoms with Crippen LogP contribution in [0.2, 0.25) is 0 Å². The summed E-state index contributed by atoms with van der Waals surface area (Å²) < 4.78 is 36.2. The zero-order chi connectivity index (χ0) is 27.6. The summed E-state index contributed by atoms with van der Waals surface area (Å²) in [5.74, 6) is 2.02. The van der Waals surface area contributed by atoms with E-state index in [1.54, 1.807) is 24.3 Å². The zero-order valence-electron chi connectivity index (χ0n) is 24.1. The summed E-state index contributed by atoms with van der Waals surface area (Å²) in [5, 5.41) is 7.33. The van der Waals surface area contributed by atoms with Gasteiger partial charge in [0.25, 0.3) is 0 Å². The Morgan fingerprint density at radius 2 is 1.44 bits per heavy atom. The van der Waals surface area contributed by atoms with Gasteiger partial charge < -0.3 is 10.3 Å². The van der Waals surface area contributed by atoms with Crippen LogP contribution in [0.4, 0.5) is 13.2 Å². The molecule has 0 amide bonds. The molecule has 2 rings (SSSR count). The van der Waals surface area contributed by atoms with Crippen molar-refractivity contribution in [3.63, 3.8) is 0 Å². The van der Waals surface area contributed by atoms with Crippen LogP contribution in [-0.4, -0.2) is 36.4 Å². The van der Waals surface area contributed by atoms with Crippen molar-refractivity contribution in [1.29, 1.82) is 5.41 Å². The second-order valence-electron chi connectivity index (χ2n) is 11.3. The average molecular weight is 511 g/mol. The van der Waals surface area contributed by atoms with Crippen molar-refractivity contribution in [1.82, 2.24) is 4.90 Å². The molecule has 1 aromatic rings. The third kappa shape index (κ3) is 21.6. The summed E-state index contributed by atoms with van der Waals surface area (Å²) >= 11 is 0. The normalized spacial score (nSPS) is 14.6. The Morgan fingerprint density at radius 3 is 1.89 bits per heavy atom. The average Bonchev–Trinajstić information content (AvgIpc) is 2.75. The number of allylic oxidation sites excluding steroid dienone is 2. The minimum absolute atomic E-state index is 0.329. The van der Waals surface area contributed by atoms with Crippen molar-refractivity contribution in [2.24, 2.45) is 17.8 Å². The van der Waals surface area contributed by atoms with Gasteiger partial charge in [-0.15, -0.1) is 0 Å². The zero-order valence-corrected chi connectivity index (χ0v) is 24.1. The molecule has 0 radical (unpaired) electrons. The van der Waals surface area contributed by atoms with Crippen LogP contribution in [0.3, 0.4) is 0 Å². The number of nitrogens with one attached hydrogen (secondary N) is 1. The molecule has 1 fully saturated rings. The van der Waals surface area contributed by atoms with Crippen LogP contribution in [0.5, 0.6) is 0 Å². The van der Waals surface area contributed by atoms with Crippen LogP contribution in [-0.2, 0) is 12.8 Å². The molecule has 0 unspecified atom stereocenters. The molecular weight excluding hydrogens is 457 g/mol. The van der Waals surface area contributed by atoms with Gasteiger partial charge in [0.05, 0.1) is 6.42 Å². The summed E-state index contributed by atoms with van der Waals surface area (Å²) in [6.45, 7) is 19.1. The lowest BCUT2D eigenvalue weighted by Gasteiger charge is -2.26. The fourth-order valence-electron chi connectivity index (χ4n) is 4.11. The first-order chi connectivity index (χ1) is 16.8. The number of rotatable bonds is 10. The van der Waals surface area contributed by atoms with Gasteiger partial charge in [0.2, 0.25) is 0 Å². The van der Waals surface area contributed by atoms with Crippen LogP contribution in [0.1, 0.15) is 98.1 Å². The molecule has 1 saturated heterocycles. The highest BCUT2D eigenvalue weighted by atomic mass is 19.4. The van der Waals surface area contributed by atoms with Gasteiger partial charge in [-0.3, -0.25) is 0 Å². The first kappa shape index (κ1) is 34.4. The van der Waals surface area contributed by atoms with Gasteiger partial charge in [0.1, 0.15) is 0 Å². The number of hydrogen-bond acceptors (Lipinski definition) is 2. The lowest BCUT2D eigenvalue weighted by atomic mass is 10.0. The van der Waals surface area contributed by atoms with Crippen molar-refractivity contribution in [2.45, 2.75) is 106 Å². The second kappa shape index (κ2) is 19.5. The molecule has 0 spiro atoms. The number of likely N-dealkylation sites (tertiary alicyclic amines) is 1. The molecule has 0 bridgehead atoms. The van der Waals surface area contributed by atoms with E-state index in [2.05, 4.69) is 46.4 Å². The molecule has 208 valence electrons. The molecule has 1 aromatic carbocycles. The molecule has 1 aliphatic rings. The highest BCUT2D eigenvalue weighted by Gasteiger charge is 2.27. The van der Waals surface area contributed by atoms with E-state index in [4.69, 9.17) is 5.41 Å². The van der Waals surface area contributed by atoms with Crippen molar-refractivity contribution >= 4 is 5.71 Å². The Bertz CT molecular complexity index is 698. The Hall–Kier alpha value is -1.62. The number of nitrogens with zero attached hydrogens (tertiary/aromatic N) is 1. The minimum Gasteiger partial charge on any atom is -0.305 e. The van der Waals surface area contributed by atoms with Crippen LogP contribution in [0.15, 0.2) is 36.4 Å². The van der Waals surface area contributed by atoms with Crippen molar-refractivity contribution < 1.29 is 13.2 Å². The summed E-state index contributed by atoms with van der Waals surface area (Å²) in [5.41, 5.74) is 2.15. The molecule has 5 heteroatoms. The van der Waals surface area contributed by atoms with E-state index in [1.165, 1.54) is 51.7 Å². The fourth-order valence-corrected chi connectivity index (χ4v) is 4.11. The van der Waals surface area contributed by atoms with Gasteiger partial charge in [-0.2, -0.15) is 13.2 Å². The molecule has 1 heterocycles. The lowest BCUT2D eigenvalue weighted by molar-refractivity contribution is -0.127. The third-order valence-corrected chi connectivity index (χ3v) is 5.77. The van der Waals surface area contributed by atoms with Crippen molar-refractivity contribution in [3.05, 3.63) is 47.5 Å². The molecule has 0 aromatic heterocycles. The monoisotopic (exact) mass is 510 g/mol. The quantitative estimate of drug-likeness (QED) is 0.312. The van der Waals surface area contributed by atoms with Gasteiger partial charge in [-0.1, -0.05) is 78.3 Å². The number of alkyl halides is 3. The standard InChI is InChI=1S/C12H15F3.C11H23N.C8H15N/c1-9(2)7-10-3-5-11(6-4-10)8-12(13,14)15;1-11(2)7-6-10-12-8-4-3-5-9-12;1-4-5-8(9)6-7(2)3/h3-6,9H,7-8H2,1-2H3;11H,3-10H2,1-2H3;4-5,7,9H,6H2,1-3H3/b;;5-4-,9-8?. The Morgan fingerprint density at radius 1 is 0.889 bits per heavy atom. The number of piperidine rings is 1. The molecule has 2 nitrogen and oxygen atoms in total. The number of halogens is 3. The van der Waals surface area contributed by atoms with Gasteiger partial charge in [-0.25, -0.2) is 0 Å². The maximum absolute atomic E-state index is 12.1. The highest BCUT2D eigenvalue weighted by Crippen LogP contribution is 2.21. The maximum Gasteiger partial charge on any atom is 0.393 e. The Balaban J connectivity index is 0.000000529. The van der Waals surface area contributed by atoms with E-state index >= 15 is 0 Å². The van der Waals surface area contributed by atoms with E-state index in [9.17, 15) is 13.2 Å². The molecule has 0 aliphatic carbocycles. The van der Waals surface area contributed by atoms with Gasteiger partial charge in [0.15, 0.2) is 0 Å². The molecule has 1 aliphatic heterocycles. The van der Waals surface area contributed by atoms with Crippen LogP contribution in [0.25, 0.3) is 0 Å². The van der Waals surface area contributed by atoms with E-state index in [1.807, 2.05) is 19.1 Å². The van der Waals surface area contributed by atoms with Gasteiger partial charge >= 0.3 is 6.18 Å². The summed E-state index contributed by atoms with van der Waals surface area (Å²) in [4.78, 5) is 2.63. The SMILES string of the molecule is C/C=C\C(=N)CC(C)C.CC(C)CCCN1CCCCC1.CC(C)Cc1ccc(CC(F)(F)F)cc1. The predicted molar refractivity (Wildman–Crippen MR) is 151 cm³/mol. The maximum atomic E-state index is 12.1. The first-order valence-electron chi connectivity index (χ1n) is 13.9. The summed E-state index contributed by atoms with van der Waals surface area (Å²) in [6, 6.07) is 6.68. The van der Waals surface area contributed by atoms with Crippen molar-refractivity contribution in [3.8, 4) is 0 Å². The number of benzene rings is 1. The molecule has 0 saturated carbocycles. The van der Waals surface area contributed by atoms with E-state index in [0.29, 0.717) is 17.4 Å². The van der Waals surface area contributed by atoms with E-state index < -0.39 is 12.6 Å². The van der Waals surface area contributed by atoms with Crippen molar-refractivity contribution in [2.75, 3.05) is 19.6 Å². The largest absolute Gasteiger partial charge is 0.393 e. The Kier molecular flexibility index (Phi) is 18.6. The van der Waals surface area contributed by atoms with E-state index in [-0.39, 0.29) is 0 Å². The first-order valence-corrected chi connectivity index (χ1v) is 13.9. The van der Waals surface area contributed by atoms with Gasteiger partial charge in [-0.05, 0) is 100 Å². The summed E-state index contributed by atoms with van der Waals surface area (Å²) in [6.07, 6.45) is 7.73. The predicted octanol–water partition coefficient (Wildman–Crippen LogP) is 9.53. The fraction of sp³-hybridized carbons (Fsp3) is 0.710. The summed E-state index contributed by atoms with van der Waals surface area (Å²) in [7, 11) is 0. The third-order valence-electron chi connectivity index (χ3n) is 5.77. The minimum atomic E-state index is -4.11. The topological polar surface area (TPSA) is 27.1 Å². The van der Waals surface area contributed by atoms with Crippen LogP contribution < -0.4 is 0 Å². The Labute approximate surface area is 220 Å². The van der Waals surface area contributed by atoms with Crippen LogP contribution in [0, 0.1) is 23.2 Å². The second-order valence-corrected chi connectivity index (χ2v) is 11.3. The van der Waals surface area contributed by atoms with E-state index in [0.717, 1.165) is 30.0 Å². The molecule has 0 atom stereocenters. The van der Waals surface area contributed by atoms with Crippen LogP contribution >= 0.6 is 0 Å². The molecular formula is C31H53F3N2.